The highest BCUT2D eigenvalue weighted by Crippen LogP contribution is 2.25. The van der Waals surface area contributed by atoms with E-state index in [2.05, 4.69) is 9.72 Å². The van der Waals surface area contributed by atoms with Crippen LogP contribution in [0.25, 0.3) is 0 Å². The second kappa shape index (κ2) is 5.86. The average molecular weight is 314 g/mol. The Bertz CT molecular complexity index is 639. The molecule has 0 bridgehead atoms. The van der Waals surface area contributed by atoms with Crippen LogP contribution in [0.2, 0.25) is 0 Å². The number of nitrogens with two attached hydrogens (primary N) is 1. The molecule has 21 heavy (non-hydrogen) atoms. The Balaban J connectivity index is 2.20. The Kier molecular flexibility index (Phi) is 4.33. The van der Waals surface area contributed by atoms with Crippen LogP contribution in [0.4, 0.5) is 11.5 Å². The molecule has 2 N–H and O–H groups in total. The summed E-state index contributed by atoms with van der Waals surface area (Å²) in [7, 11) is -1.90. The number of carbonyl (C=O) groups is 1. The van der Waals surface area contributed by atoms with E-state index in [1.165, 1.54) is 29.9 Å². The van der Waals surface area contributed by atoms with Crippen LogP contribution in [0, 0.1) is 0 Å². The van der Waals surface area contributed by atoms with Crippen LogP contribution in [0.5, 0.6) is 0 Å². The summed E-state index contributed by atoms with van der Waals surface area (Å²) in [6.45, 7) is 1.66. The topological polar surface area (TPSA) is 106 Å². The van der Waals surface area contributed by atoms with E-state index >= 15 is 0 Å². The van der Waals surface area contributed by atoms with Gasteiger partial charge in [-0.3, -0.25) is 0 Å². The molecule has 0 aromatic carbocycles. The number of anilines is 2. The second-order valence-electron chi connectivity index (χ2n) is 4.74. The number of carbonyl (C=O) groups excluding carboxylic acids is 1. The molecule has 1 fully saturated rings. The first kappa shape index (κ1) is 15.5. The van der Waals surface area contributed by atoms with E-state index in [9.17, 15) is 13.2 Å². The van der Waals surface area contributed by atoms with E-state index < -0.39 is 16.0 Å². The van der Waals surface area contributed by atoms with Gasteiger partial charge in [0.2, 0.25) is 10.0 Å². The maximum Gasteiger partial charge on any atom is 0.340 e. The number of nitrogens with zero attached hydrogens (tertiary/aromatic N) is 3. The number of hydrogen-bond acceptors (Lipinski definition) is 7. The molecule has 9 heteroatoms. The summed E-state index contributed by atoms with van der Waals surface area (Å²) in [5.41, 5.74) is 6.48. The number of esters is 1. The molecule has 0 amide bonds. The van der Waals surface area contributed by atoms with Crippen molar-refractivity contribution in [2.45, 2.75) is 0 Å². The van der Waals surface area contributed by atoms with Crippen molar-refractivity contribution in [3.63, 3.8) is 0 Å². The first-order valence-electron chi connectivity index (χ1n) is 6.37. The van der Waals surface area contributed by atoms with Gasteiger partial charge in [-0.1, -0.05) is 0 Å². The molecule has 0 saturated carbocycles. The highest BCUT2D eigenvalue weighted by Gasteiger charge is 2.26. The minimum Gasteiger partial charge on any atom is -0.465 e. The first-order valence-corrected chi connectivity index (χ1v) is 8.22. The van der Waals surface area contributed by atoms with Crippen molar-refractivity contribution in [3.05, 3.63) is 17.8 Å². The van der Waals surface area contributed by atoms with Crippen LogP contribution in [-0.2, 0) is 14.8 Å². The van der Waals surface area contributed by atoms with Gasteiger partial charge in [0.15, 0.2) is 5.82 Å². The van der Waals surface area contributed by atoms with Crippen LogP contribution in [0.15, 0.2) is 12.3 Å². The molecule has 116 valence electrons. The summed E-state index contributed by atoms with van der Waals surface area (Å²) in [6.07, 6.45) is 2.67. The molecular weight excluding hydrogens is 296 g/mol. The number of ether oxygens (including phenoxy) is 1. The largest absolute Gasteiger partial charge is 0.465 e. The number of hydrogen-bond donors (Lipinski definition) is 1. The lowest BCUT2D eigenvalue weighted by Crippen LogP contribution is -2.48. The maximum atomic E-state index is 11.6. The molecule has 8 nitrogen and oxygen atoms in total. The zero-order chi connectivity index (χ0) is 15.6. The predicted octanol–water partition coefficient (Wildman–Crippen LogP) is -0.468. The summed E-state index contributed by atoms with van der Waals surface area (Å²) < 4.78 is 29.0. The summed E-state index contributed by atoms with van der Waals surface area (Å²) in [6, 6.07) is 1.50. The van der Waals surface area contributed by atoms with Crippen molar-refractivity contribution < 1.29 is 17.9 Å². The molecule has 1 aromatic heterocycles. The number of rotatable bonds is 3. The third-order valence-corrected chi connectivity index (χ3v) is 4.68. The number of pyridine rings is 1. The molecule has 0 unspecified atom stereocenters. The SMILES string of the molecule is COC(=O)c1ccnc(N2CCN(S(C)(=O)=O)CC2)c1N. The molecule has 0 aliphatic carbocycles. The van der Waals surface area contributed by atoms with E-state index in [-0.39, 0.29) is 11.3 Å². The van der Waals surface area contributed by atoms with Crippen molar-refractivity contribution in [1.82, 2.24) is 9.29 Å². The lowest BCUT2D eigenvalue weighted by atomic mass is 10.2. The van der Waals surface area contributed by atoms with E-state index in [0.717, 1.165) is 0 Å². The molecular formula is C12H18N4O4S. The third-order valence-electron chi connectivity index (χ3n) is 3.38. The Morgan fingerprint density at radius 3 is 2.48 bits per heavy atom. The van der Waals surface area contributed by atoms with Gasteiger partial charge in [-0.2, -0.15) is 4.31 Å². The Hall–Kier alpha value is -1.87. The zero-order valence-electron chi connectivity index (χ0n) is 11.9. The Morgan fingerprint density at radius 2 is 1.95 bits per heavy atom. The standard InChI is InChI=1S/C12H18N4O4S/c1-20-12(17)9-3-4-14-11(10(9)13)15-5-7-16(8-6-15)21(2,18)19/h3-4H,5-8,13H2,1-2H3. The van der Waals surface area contributed by atoms with Crippen LogP contribution in [-0.4, -0.2) is 63.2 Å². The summed E-state index contributed by atoms with van der Waals surface area (Å²) in [4.78, 5) is 17.7. The smallest absolute Gasteiger partial charge is 0.340 e. The normalized spacial score (nSPS) is 16.8. The highest BCUT2D eigenvalue weighted by molar-refractivity contribution is 7.88. The van der Waals surface area contributed by atoms with Crippen molar-refractivity contribution in [2.75, 3.05) is 50.2 Å². The number of aromatic nitrogens is 1. The fourth-order valence-electron chi connectivity index (χ4n) is 2.23. The van der Waals surface area contributed by atoms with Gasteiger partial charge in [0.1, 0.15) is 0 Å². The van der Waals surface area contributed by atoms with Crippen LogP contribution in [0.1, 0.15) is 10.4 Å². The number of sulfonamides is 1. The molecule has 0 radical (unpaired) electrons. The predicted molar refractivity (Wildman–Crippen MR) is 78.6 cm³/mol. The summed E-state index contributed by atoms with van der Waals surface area (Å²) >= 11 is 0. The van der Waals surface area contributed by atoms with Gasteiger partial charge in [-0.25, -0.2) is 18.2 Å². The van der Waals surface area contributed by atoms with Crippen molar-refractivity contribution in [3.8, 4) is 0 Å². The maximum absolute atomic E-state index is 11.6. The zero-order valence-corrected chi connectivity index (χ0v) is 12.8. The van der Waals surface area contributed by atoms with Crippen LogP contribution < -0.4 is 10.6 Å². The fraction of sp³-hybridized carbons (Fsp3) is 0.500. The molecule has 1 aromatic rings. The summed E-state index contributed by atoms with van der Waals surface area (Å²) in [5.74, 6) is -0.0445. The van der Waals surface area contributed by atoms with E-state index in [0.29, 0.717) is 32.0 Å². The van der Waals surface area contributed by atoms with Crippen molar-refractivity contribution in [2.24, 2.45) is 0 Å². The molecule has 0 atom stereocenters. The molecule has 2 rings (SSSR count). The quantitative estimate of drug-likeness (QED) is 0.752. The lowest BCUT2D eigenvalue weighted by molar-refractivity contribution is 0.0602. The van der Waals surface area contributed by atoms with Crippen LogP contribution in [0.3, 0.4) is 0 Å². The van der Waals surface area contributed by atoms with Crippen molar-refractivity contribution in [1.29, 1.82) is 0 Å². The molecule has 0 spiro atoms. The first-order chi connectivity index (χ1) is 9.84. The molecule has 1 saturated heterocycles. The number of nitrogen functional groups attached to an aromatic ring is 1. The summed E-state index contributed by atoms with van der Waals surface area (Å²) in [5, 5.41) is 0. The van der Waals surface area contributed by atoms with E-state index in [1.807, 2.05) is 4.90 Å². The molecule has 1 aliphatic rings. The van der Waals surface area contributed by atoms with Crippen LogP contribution >= 0.6 is 0 Å². The lowest BCUT2D eigenvalue weighted by Gasteiger charge is -2.34. The monoisotopic (exact) mass is 314 g/mol. The minimum atomic E-state index is -3.19. The van der Waals surface area contributed by atoms with Gasteiger partial charge >= 0.3 is 5.97 Å². The van der Waals surface area contributed by atoms with Gasteiger partial charge in [-0.05, 0) is 6.07 Å². The van der Waals surface area contributed by atoms with E-state index in [1.54, 1.807) is 0 Å². The molecule has 1 aliphatic heterocycles. The number of methoxy groups -OCH3 is 1. The average Bonchev–Trinajstić information content (AvgIpc) is 2.46. The van der Waals surface area contributed by atoms with Gasteiger partial charge in [0.05, 0.1) is 24.6 Å². The fourth-order valence-corrected chi connectivity index (χ4v) is 3.06. The van der Waals surface area contributed by atoms with Gasteiger partial charge in [-0.15, -0.1) is 0 Å². The third kappa shape index (κ3) is 3.24. The van der Waals surface area contributed by atoms with Gasteiger partial charge in [0, 0.05) is 32.4 Å². The highest BCUT2D eigenvalue weighted by atomic mass is 32.2. The van der Waals surface area contributed by atoms with Gasteiger partial charge in [0.25, 0.3) is 0 Å². The minimum absolute atomic E-state index is 0.247. The second-order valence-corrected chi connectivity index (χ2v) is 6.72. The van der Waals surface area contributed by atoms with Gasteiger partial charge < -0.3 is 15.4 Å². The van der Waals surface area contributed by atoms with Crippen molar-refractivity contribution >= 4 is 27.5 Å². The Labute approximate surface area is 123 Å². The van der Waals surface area contributed by atoms with E-state index in [4.69, 9.17) is 5.73 Å². The Morgan fingerprint density at radius 1 is 1.33 bits per heavy atom. The molecule has 2 heterocycles. The number of piperazine rings is 1.